The topological polar surface area (TPSA) is 43.4 Å². The fraction of sp³-hybridized carbons (Fsp3) is 0.143. The molecule has 0 unspecified atom stereocenters. The van der Waals surface area contributed by atoms with Gasteiger partial charge in [0, 0.05) is 4.47 Å². The Bertz CT molecular complexity index is 698. The monoisotopic (exact) mass is 376 g/mol. The van der Waals surface area contributed by atoms with Crippen LogP contribution < -0.4 is 4.74 Å². The van der Waals surface area contributed by atoms with Crippen LogP contribution >= 0.6 is 15.9 Å². The van der Waals surface area contributed by atoms with Crippen molar-refractivity contribution in [1.82, 2.24) is 0 Å². The third-order valence-corrected chi connectivity index (χ3v) is 4.63. The van der Waals surface area contributed by atoms with E-state index in [1.807, 2.05) is 12.1 Å². The number of hydrogen-bond acceptors (Lipinski definition) is 3. The molecule has 0 fully saturated rings. The van der Waals surface area contributed by atoms with E-state index in [1.54, 1.807) is 12.1 Å². The lowest BCUT2D eigenvalue weighted by atomic mass is 10.2. The fourth-order valence-corrected chi connectivity index (χ4v) is 2.56. The normalized spacial score (nSPS) is 11.6. The highest BCUT2D eigenvalue weighted by Gasteiger charge is 2.26. The smallest absolute Gasteiger partial charge is 0.341 e. The molecule has 0 aliphatic heterocycles. The maximum Gasteiger partial charge on any atom is 0.341 e. The van der Waals surface area contributed by atoms with E-state index < -0.39 is 20.5 Å². The summed E-state index contributed by atoms with van der Waals surface area (Å²) in [6, 6.07) is 12.4. The van der Waals surface area contributed by atoms with Crippen molar-refractivity contribution in [2.45, 2.75) is 17.3 Å². The zero-order valence-electron chi connectivity index (χ0n) is 10.7. The molecular formula is C14H11BrF2O3S. The van der Waals surface area contributed by atoms with Crippen LogP contribution in [0.15, 0.2) is 57.9 Å². The zero-order chi connectivity index (χ0) is 15.5. The third-order valence-electron chi connectivity index (χ3n) is 2.71. The molecule has 21 heavy (non-hydrogen) atoms. The molecule has 2 aromatic carbocycles. The van der Waals surface area contributed by atoms with Gasteiger partial charge in [0.25, 0.3) is 0 Å². The van der Waals surface area contributed by atoms with Crippen molar-refractivity contribution in [3.05, 3.63) is 58.6 Å². The molecule has 112 valence electrons. The molecule has 3 nitrogen and oxygen atoms in total. The second-order valence-electron chi connectivity index (χ2n) is 4.19. The second-order valence-corrected chi connectivity index (χ2v) is 7.03. The third kappa shape index (κ3) is 4.01. The van der Waals surface area contributed by atoms with Crippen molar-refractivity contribution in [2.24, 2.45) is 0 Å². The Morgan fingerprint density at radius 1 is 1.00 bits per heavy atom. The second kappa shape index (κ2) is 6.53. The van der Waals surface area contributed by atoms with Crippen LogP contribution in [0.25, 0.3) is 0 Å². The van der Waals surface area contributed by atoms with Gasteiger partial charge in [-0.2, -0.15) is 8.78 Å². The highest BCUT2D eigenvalue weighted by atomic mass is 79.9. The van der Waals surface area contributed by atoms with Crippen LogP contribution in [0, 0.1) is 0 Å². The lowest BCUT2D eigenvalue weighted by molar-refractivity contribution is 0.234. The van der Waals surface area contributed by atoms with E-state index in [0.717, 1.165) is 16.6 Å². The van der Waals surface area contributed by atoms with Crippen molar-refractivity contribution >= 4 is 25.8 Å². The number of sulfone groups is 1. The van der Waals surface area contributed by atoms with Crippen molar-refractivity contribution in [3.63, 3.8) is 0 Å². The Kier molecular flexibility index (Phi) is 4.95. The first kappa shape index (κ1) is 15.9. The van der Waals surface area contributed by atoms with Gasteiger partial charge in [0.2, 0.25) is 9.84 Å². The average molecular weight is 377 g/mol. The van der Waals surface area contributed by atoms with Gasteiger partial charge in [0.1, 0.15) is 12.4 Å². The number of rotatable bonds is 5. The van der Waals surface area contributed by atoms with Crippen LogP contribution in [-0.4, -0.2) is 14.2 Å². The predicted molar refractivity (Wildman–Crippen MR) is 78.1 cm³/mol. The molecule has 0 saturated heterocycles. The summed E-state index contributed by atoms with van der Waals surface area (Å²) in [7, 11) is -4.54. The SMILES string of the molecule is O=S(=O)(c1ccc(COc2ccc(Br)cc2)cc1)C(F)F. The Morgan fingerprint density at radius 2 is 1.57 bits per heavy atom. The van der Waals surface area contributed by atoms with Gasteiger partial charge in [-0.3, -0.25) is 0 Å². The first-order chi connectivity index (χ1) is 9.89. The molecule has 0 aliphatic carbocycles. The minimum absolute atomic E-state index is 0.219. The largest absolute Gasteiger partial charge is 0.489 e. The molecule has 0 atom stereocenters. The molecule has 0 amide bonds. The predicted octanol–water partition coefficient (Wildman–Crippen LogP) is 4.02. The van der Waals surface area contributed by atoms with Gasteiger partial charge in [-0.25, -0.2) is 8.42 Å². The van der Waals surface area contributed by atoms with Gasteiger partial charge in [-0.15, -0.1) is 0 Å². The fourth-order valence-electron chi connectivity index (χ4n) is 1.58. The number of halogens is 3. The first-order valence-electron chi connectivity index (χ1n) is 5.89. The van der Waals surface area contributed by atoms with Gasteiger partial charge in [-0.05, 0) is 42.0 Å². The number of benzene rings is 2. The van der Waals surface area contributed by atoms with E-state index in [1.165, 1.54) is 12.1 Å². The Hall–Kier alpha value is -1.47. The standard InChI is InChI=1S/C14H11BrF2O3S/c15-11-3-5-12(6-4-11)20-9-10-1-7-13(8-2-10)21(18,19)14(16)17/h1-8,14H,9H2. The minimum atomic E-state index is -4.54. The number of alkyl halides is 2. The lowest BCUT2D eigenvalue weighted by Crippen LogP contribution is -2.11. The first-order valence-corrected chi connectivity index (χ1v) is 8.23. The summed E-state index contributed by atoms with van der Waals surface area (Å²) in [6.07, 6.45) is 0. The summed E-state index contributed by atoms with van der Waals surface area (Å²) in [6.45, 7) is 0.219. The van der Waals surface area contributed by atoms with E-state index in [2.05, 4.69) is 15.9 Å². The van der Waals surface area contributed by atoms with E-state index in [9.17, 15) is 17.2 Å². The van der Waals surface area contributed by atoms with Crippen LogP contribution in [0.2, 0.25) is 0 Å². The van der Waals surface area contributed by atoms with Crippen LogP contribution in [0.4, 0.5) is 8.78 Å². The summed E-state index contributed by atoms with van der Waals surface area (Å²) in [5, 5.41) is 0. The van der Waals surface area contributed by atoms with Crippen LogP contribution in [-0.2, 0) is 16.4 Å². The molecule has 0 aliphatic rings. The molecule has 7 heteroatoms. The van der Waals surface area contributed by atoms with Crippen LogP contribution in [0.1, 0.15) is 5.56 Å². The summed E-state index contributed by atoms with van der Waals surface area (Å²) >= 11 is 3.31. The lowest BCUT2D eigenvalue weighted by Gasteiger charge is -2.07. The van der Waals surface area contributed by atoms with Gasteiger partial charge in [-0.1, -0.05) is 28.1 Å². The van der Waals surface area contributed by atoms with Crippen LogP contribution in [0.5, 0.6) is 5.75 Å². The van der Waals surface area contributed by atoms with Crippen molar-refractivity contribution in [3.8, 4) is 5.75 Å². The molecule has 0 N–H and O–H groups in total. The van der Waals surface area contributed by atoms with E-state index in [4.69, 9.17) is 4.74 Å². The van der Waals surface area contributed by atoms with Gasteiger partial charge in [0.05, 0.1) is 4.90 Å². The molecule has 0 spiro atoms. The number of hydrogen-bond donors (Lipinski definition) is 0. The Labute approximate surface area is 129 Å². The van der Waals surface area contributed by atoms with Gasteiger partial charge < -0.3 is 4.74 Å². The molecule has 2 aromatic rings. The quantitative estimate of drug-likeness (QED) is 0.791. The highest BCUT2D eigenvalue weighted by Crippen LogP contribution is 2.20. The minimum Gasteiger partial charge on any atom is -0.489 e. The molecule has 0 radical (unpaired) electrons. The van der Waals surface area contributed by atoms with Crippen molar-refractivity contribution < 1.29 is 21.9 Å². The highest BCUT2D eigenvalue weighted by molar-refractivity contribution is 9.10. The molecule has 0 saturated carbocycles. The maximum atomic E-state index is 12.4. The maximum absolute atomic E-state index is 12.4. The summed E-state index contributed by atoms with van der Waals surface area (Å²) in [5.74, 6) is -2.76. The van der Waals surface area contributed by atoms with Crippen LogP contribution in [0.3, 0.4) is 0 Å². The zero-order valence-corrected chi connectivity index (χ0v) is 13.1. The summed E-state index contributed by atoms with van der Waals surface area (Å²) in [5.41, 5.74) is 0.686. The van der Waals surface area contributed by atoms with Gasteiger partial charge in [0.15, 0.2) is 0 Å². The van der Waals surface area contributed by atoms with E-state index in [0.29, 0.717) is 11.3 Å². The molecule has 2 rings (SSSR count). The van der Waals surface area contributed by atoms with Gasteiger partial charge >= 0.3 is 5.76 Å². The van der Waals surface area contributed by atoms with Crippen molar-refractivity contribution in [2.75, 3.05) is 0 Å². The van der Waals surface area contributed by atoms with Crippen molar-refractivity contribution in [1.29, 1.82) is 0 Å². The molecule has 0 heterocycles. The average Bonchev–Trinajstić information content (AvgIpc) is 2.47. The molecular weight excluding hydrogens is 366 g/mol. The number of ether oxygens (including phenoxy) is 1. The Balaban J connectivity index is 2.05. The molecule has 0 aromatic heterocycles. The Morgan fingerprint density at radius 3 is 2.10 bits per heavy atom. The van der Waals surface area contributed by atoms with E-state index >= 15 is 0 Å². The summed E-state index contributed by atoms with van der Waals surface area (Å²) < 4.78 is 53.7. The molecule has 0 bridgehead atoms. The van der Waals surface area contributed by atoms with E-state index in [-0.39, 0.29) is 6.61 Å². The summed E-state index contributed by atoms with van der Waals surface area (Å²) in [4.78, 5) is -0.398.